The molecule has 3 rings (SSSR count). The van der Waals surface area contributed by atoms with Gasteiger partial charge in [0.1, 0.15) is 11.8 Å². The fourth-order valence-corrected chi connectivity index (χ4v) is 3.99. The molecule has 0 radical (unpaired) electrons. The van der Waals surface area contributed by atoms with Crippen LogP contribution < -0.4 is 10.1 Å². The van der Waals surface area contributed by atoms with Crippen LogP contribution in [0.4, 0.5) is 0 Å². The third-order valence-corrected chi connectivity index (χ3v) is 5.85. The molecule has 0 heterocycles. The number of nitrogens with one attached hydrogen (secondary N) is 1. The summed E-state index contributed by atoms with van der Waals surface area (Å²) in [6.45, 7) is -0.160. The van der Waals surface area contributed by atoms with E-state index in [1.807, 2.05) is 30.3 Å². The van der Waals surface area contributed by atoms with Gasteiger partial charge in [0.25, 0.3) is 5.91 Å². The van der Waals surface area contributed by atoms with E-state index in [2.05, 4.69) is 5.32 Å². The average Bonchev–Trinajstić information content (AvgIpc) is 2.81. The molecule has 33 heavy (non-hydrogen) atoms. The van der Waals surface area contributed by atoms with E-state index in [1.165, 1.54) is 4.90 Å². The summed E-state index contributed by atoms with van der Waals surface area (Å²) in [6.07, 6.45) is 0.328. The lowest BCUT2D eigenvalue weighted by molar-refractivity contribution is -0.142. The Balaban J connectivity index is 1.90. The molecule has 0 saturated carbocycles. The minimum Gasteiger partial charge on any atom is -0.484 e. The standard InChI is InChI=1S/C25H23Cl3N2O3/c1-29-25(32)23(12-17-6-3-2-4-7-17)30(15-18-10-11-20(27)14-22(18)28)24(31)16-33-21-9-5-8-19(26)13-21/h2-11,13-14,23H,12,15-16H2,1H3,(H,29,32)/t23-/m0/s1. The summed E-state index contributed by atoms with van der Waals surface area (Å²) < 4.78 is 5.67. The third-order valence-electron chi connectivity index (χ3n) is 5.03. The molecule has 0 aliphatic heterocycles. The lowest BCUT2D eigenvalue weighted by atomic mass is 10.0. The van der Waals surface area contributed by atoms with Crippen molar-refractivity contribution in [1.82, 2.24) is 10.2 Å². The molecule has 0 saturated heterocycles. The Morgan fingerprint density at radius 2 is 1.67 bits per heavy atom. The van der Waals surface area contributed by atoms with Crippen molar-refractivity contribution in [2.24, 2.45) is 0 Å². The van der Waals surface area contributed by atoms with Gasteiger partial charge in [0.05, 0.1) is 0 Å². The van der Waals surface area contributed by atoms with E-state index in [9.17, 15) is 9.59 Å². The van der Waals surface area contributed by atoms with Crippen molar-refractivity contribution in [2.75, 3.05) is 13.7 Å². The predicted molar refractivity (Wildman–Crippen MR) is 132 cm³/mol. The average molecular weight is 506 g/mol. The van der Waals surface area contributed by atoms with E-state index in [4.69, 9.17) is 39.5 Å². The smallest absolute Gasteiger partial charge is 0.261 e. The van der Waals surface area contributed by atoms with Crippen molar-refractivity contribution < 1.29 is 14.3 Å². The SMILES string of the molecule is CNC(=O)[C@H](Cc1ccccc1)N(Cc1ccc(Cl)cc1Cl)C(=O)COc1cccc(Cl)c1. The van der Waals surface area contributed by atoms with Crippen LogP contribution in [0.1, 0.15) is 11.1 Å². The molecule has 0 fully saturated rings. The summed E-state index contributed by atoms with van der Waals surface area (Å²) >= 11 is 18.4. The zero-order valence-corrected chi connectivity index (χ0v) is 20.2. The first-order valence-electron chi connectivity index (χ1n) is 10.2. The minimum absolute atomic E-state index is 0.110. The number of ether oxygens (including phenoxy) is 1. The van der Waals surface area contributed by atoms with Gasteiger partial charge >= 0.3 is 0 Å². The van der Waals surface area contributed by atoms with Gasteiger partial charge in [-0.3, -0.25) is 9.59 Å². The summed E-state index contributed by atoms with van der Waals surface area (Å²) in [5.41, 5.74) is 1.58. The van der Waals surface area contributed by atoms with Crippen molar-refractivity contribution in [3.63, 3.8) is 0 Å². The molecule has 0 bridgehead atoms. The number of benzene rings is 3. The molecule has 1 atom stereocenters. The van der Waals surface area contributed by atoms with Crippen LogP contribution in [0.15, 0.2) is 72.8 Å². The molecule has 0 aliphatic carbocycles. The molecule has 3 aromatic carbocycles. The largest absolute Gasteiger partial charge is 0.484 e. The zero-order chi connectivity index (χ0) is 23.8. The Bertz CT molecular complexity index is 1110. The molecule has 172 valence electrons. The van der Waals surface area contributed by atoms with Crippen LogP contribution in [0.2, 0.25) is 15.1 Å². The fourth-order valence-electron chi connectivity index (χ4n) is 3.34. The minimum atomic E-state index is -0.778. The van der Waals surface area contributed by atoms with Crippen LogP contribution in [0.5, 0.6) is 5.75 Å². The second-order valence-electron chi connectivity index (χ2n) is 7.32. The number of rotatable bonds is 9. The molecular formula is C25H23Cl3N2O3. The molecule has 2 amide bonds. The Morgan fingerprint density at radius 3 is 2.33 bits per heavy atom. The van der Waals surface area contributed by atoms with E-state index in [1.54, 1.807) is 49.5 Å². The Kier molecular flexibility index (Phi) is 9.01. The van der Waals surface area contributed by atoms with Crippen molar-refractivity contribution in [1.29, 1.82) is 0 Å². The third kappa shape index (κ3) is 7.13. The highest BCUT2D eigenvalue weighted by atomic mass is 35.5. The van der Waals surface area contributed by atoms with Crippen molar-refractivity contribution in [3.8, 4) is 5.75 Å². The first-order valence-corrected chi connectivity index (χ1v) is 11.4. The summed E-state index contributed by atoms with van der Waals surface area (Å²) in [5, 5.41) is 4.06. The number of likely N-dealkylation sites (N-methyl/N-ethyl adjacent to an activating group) is 1. The summed E-state index contributed by atoms with van der Waals surface area (Å²) in [5.74, 6) is -0.203. The van der Waals surface area contributed by atoms with Crippen LogP contribution in [-0.4, -0.2) is 36.4 Å². The van der Waals surface area contributed by atoms with Gasteiger partial charge in [-0.05, 0) is 41.5 Å². The van der Waals surface area contributed by atoms with Gasteiger partial charge in [-0.2, -0.15) is 0 Å². The number of nitrogens with zero attached hydrogens (tertiary/aromatic N) is 1. The van der Waals surface area contributed by atoms with Crippen molar-refractivity contribution in [2.45, 2.75) is 19.0 Å². The van der Waals surface area contributed by atoms with E-state index >= 15 is 0 Å². The first kappa shape index (κ1) is 24.9. The second kappa shape index (κ2) is 11.9. The van der Waals surface area contributed by atoms with Gasteiger partial charge < -0.3 is 15.0 Å². The molecule has 1 N–H and O–H groups in total. The second-order valence-corrected chi connectivity index (χ2v) is 8.60. The number of carbonyl (C=O) groups excluding carboxylic acids is 2. The maximum atomic E-state index is 13.4. The lowest BCUT2D eigenvalue weighted by Gasteiger charge is -2.31. The molecule has 0 aliphatic rings. The summed E-state index contributed by atoms with van der Waals surface area (Å²) in [7, 11) is 1.54. The Labute approximate surface area is 208 Å². The number of hydrogen-bond donors (Lipinski definition) is 1. The molecule has 3 aromatic rings. The topological polar surface area (TPSA) is 58.6 Å². The normalized spacial score (nSPS) is 11.5. The molecular weight excluding hydrogens is 483 g/mol. The molecule has 0 spiro atoms. The van der Waals surface area contributed by atoms with Gasteiger partial charge in [0.15, 0.2) is 6.61 Å². The number of hydrogen-bond acceptors (Lipinski definition) is 3. The highest BCUT2D eigenvalue weighted by molar-refractivity contribution is 6.35. The monoisotopic (exact) mass is 504 g/mol. The zero-order valence-electron chi connectivity index (χ0n) is 17.9. The first-order chi connectivity index (χ1) is 15.9. The van der Waals surface area contributed by atoms with Gasteiger partial charge in [0.2, 0.25) is 5.91 Å². The predicted octanol–water partition coefficient (Wildman–Crippen LogP) is 5.41. The number of carbonyl (C=O) groups is 2. The fraction of sp³-hybridized carbons (Fsp3) is 0.200. The Hall–Kier alpha value is -2.73. The number of amides is 2. The quantitative estimate of drug-likeness (QED) is 0.423. The van der Waals surface area contributed by atoms with Crippen LogP contribution in [0.3, 0.4) is 0 Å². The molecule has 5 nitrogen and oxygen atoms in total. The van der Waals surface area contributed by atoms with Crippen LogP contribution >= 0.6 is 34.8 Å². The Morgan fingerprint density at radius 1 is 0.939 bits per heavy atom. The van der Waals surface area contributed by atoms with Crippen LogP contribution in [0.25, 0.3) is 0 Å². The molecule has 0 aromatic heterocycles. The van der Waals surface area contributed by atoms with Gasteiger partial charge in [-0.1, -0.05) is 77.3 Å². The van der Waals surface area contributed by atoms with E-state index in [0.29, 0.717) is 32.8 Å². The molecule has 8 heteroatoms. The maximum Gasteiger partial charge on any atom is 0.261 e. The lowest BCUT2D eigenvalue weighted by Crippen LogP contribution is -2.51. The van der Waals surface area contributed by atoms with E-state index in [-0.39, 0.29) is 25.0 Å². The summed E-state index contributed by atoms with van der Waals surface area (Å²) in [6, 6.07) is 20.5. The van der Waals surface area contributed by atoms with Gasteiger partial charge in [-0.15, -0.1) is 0 Å². The van der Waals surface area contributed by atoms with E-state index in [0.717, 1.165) is 5.56 Å². The maximum absolute atomic E-state index is 13.4. The van der Waals surface area contributed by atoms with E-state index < -0.39 is 6.04 Å². The van der Waals surface area contributed by atoms with Crippen molar-refractivity contribution >= 4 is 46.6 Å². The highest BCUT2D eigenvalue weighted by Crippen LogP contribution is 2.24. The highest BCUT2D eigenvalue weighted by Gasteiger charge is 2.30. The van der Waals surface area contributed by atoms with Crippen LogP contribution in [-0.2, 0) is 22.6 Å². The van der Waals surface area contributed by atoms with Gasteiger partial charge in [-0.25, -0.2) is 0 Å². The summed E-state index contributed by atoms with van der Waals surface area (Å²) in [4.78, 5) is 27.7. The van der Waals surface area contributed by atoms with Crippen LogP contribution in [0, 0.1) is 0 Å². The number of halogens is 3. The van der Waals surface area contributed by atoms with Crippen molar-refractivity contribution in [3.05, 3.63) is 99.0 Å². The van der Waals surface area contributed by atoms with Gasteiger partial charge in [0, 0.05) is 35.1 Å². The molecule has 0 unspecified atom stereocenters.